The predicted molar refractivity (Wildman–Crippen MR) is 122 cm³/mol. The largest absolute Gasteiger partial charge is 0.198 e. The summed E-state index contributed by atoms with van der Waals surface area (Å²) in [6, 6.07) is 2.83. The van der Waals surface area contributed by atoms with Gasteiger partial charge < -0.3 is 0 Å². The van der Waals surface area contributed by atoms with Gasteiger partial charge in [-0.3, -0.25) is 0 Å². The van der Waals surface area contributed by atoms with Gasteiger partial charge in [-0.1, -0.05) is 65.2 Å². The minimum absolute atomic E-state index is 0.0381. The van der Waals surface area contributed by atoms with Gasteiger partial charge in [0.05, 0.1) is 11.5 Å². The normalized spacial score (nSPS) is 44.2. The van der Waals surface area contributed by atoms with Crippen molar-refractivity contribution in [3.8, 4) is 6.07 Å². The summed E-state index contributed by atoms with van der Waals surface area (Å²) in [6.45, 7) is 4.63. The first-order valence-corrected chi connectivity index (χ1v) is 13.6. The summed E-state index contributed by atoms with van der Waals surface area (Å²) < 4.78 is 0. The first kappa shape index (κ1) is 21.7. The molecule has 0 aromatic heterocycles. The van der Waals surface area contributed by atoms with Gasteiger partial charge in [0.25, 0.3) is 0 Å². The summed E-state index contributed by atoms with van der Waals surface area (Å²) in [5.41, 5.74) is 0.0381. The highest BCUT2D eigenvalue weighted by Gasteiger charge is 2.52. The van der Waals surface area contributed by atoms with Crippen LogP contribution < -0.4 is 0 Å². The van der Waals surface area contributed by atoms with E-state index in [0.717, 1.165) is 41.4 Å². The Morgan fingerprint density at radius 3 is 2.28 bits per heavy atom. The van der Waals surface area contributed by atoms with E-state index in [0.29, 0.717) is 0 Å². The molecule has 0 spiro atoms. The standard InChI is InChI=1S/C28H47N/c1-3-5-7-9-21-10-8-11-25-23(21)14-15-26-24-16-18-28(20-29,17-6-4-2)19-22(24)12-13-27(25)26/h21-27H,3-19H2,1-2H3/t21-,22?,23?,24?,25?,26?,27?,28-/m1/s1. The second kappa shape index (κ2) is 9.75. The number of nitrogens with zero attached hydrogens (tertiary/aromatic N) is 1. The monoisotopic (exact) mass is 397 g/mol. The summed E-state index contributed by atoms with van der Waals surface area (Å²) in [5, 5.41) is 10.0. The molecule has 0 radical (unpaired) electrons. The van der Waals surface area contributed by atoms with Crippen LogP contribution in [0.25, 0.3) is 0 Å². The van der Waals surface area contributed by atoms with Crippen molar-refractivity contribution < 1.29 is 0 Å². The van der Waals surface area contributed by atoms with E-state index in [-0.39, 0.29) is 5.41 Å². The summed E-state index contributed by atoms with van der Waals surface area (Å²) in [4.78, 5) is 0. The van der Waals surface area contributed by atoms with Gasteiger partial charge in [-0.05, 0) is 99.2 Å². The van der Waals surface area contributed by atoms with Crippen molar-refractivity contribution in [3.05, 3.63) is 0 Å². The van der Waals surface area contributed by atoms with Crippen molar-refractivity contribution in [1.29, 1.82) is 5.26 Å². The maximum absolute atomic E-state index is 10.0. The summed E-state index contributed by atoms with van der Waals surface area (Å²) in [6.07, 6.45) is 24.0. The highest BCUT2D eigenvalue weighted by molar-refractivity contribution is 5.07. The fraction of sp³-hybridized carbons (Fsp3) is 0.964. The lowest BCUT2D eigenvalue weighted by molar-refractivity contribution is -0.0718. The third-order valence-corrected chi connectivity index (χ3v) is 10.3. The molecule has 4 fully saturated rings. The first-order valence-electron chi connectivity index (χ1n) is 13.6. The third-order valence-electron chi connectivity index (χ3n) is 10.3. The fourth-order valence-corrected chi connectivity index (χ4v) is 8.89. The van der Waals surface area contributed by atoms with Crippen molar-refractivity contribution in [2.45, 2.75) is 123 Å². The molecule has 4 saturated carbocycles. The molecule has 1 nitrogen and oxygen atoms in total. The molecule has 0 saturated heterocycles. The van der Waals surface area contributed by atoms with Crippen molar-refractivity contribution in [3.63, 3.8) is 0 Å². The van der Waals surface area contributed by atoms with Gasteiger partial charge in [0.15, 0.2) is 0 Å². The van der Waals surface area contributed by atoms with Gasteiger partial charge in [-0.25, -0.2) is 0 Å². The number of unbranched alkanes of at least 4 members (excludes halogenated alkanes) is 3. The van der Waals surface area contributed by atoms with Crippen LogP contribution in [0, 0.1) is 58.2 Å². The van der Waals surface area contributed by atoms with Crippen LogP contribution in [0.2, 0.25) is 0 Å². The Morgan fingerprint density at radius 1 is 0.759 bits per heavy atom. The number of fused-ring (bicyclic) bond motifs is 5. The third kappa shape index (κ3) is 4.43. The van der Waals surface area contributed by atoms with Crippen molar-refractivity contribution >= 4 is 0 Å². The minimum Gasteiger partial charge on any atom is -0.198 e. The molecule has 0 aromatic rings. The molecule has 1 heteroatoms. The molecule has 164 valence electrons. The molecule has 29 heavy (non-hydrogen) atoms. The van der Waals surface area contributed by atoms with Crippen LogP contribution in [0.1, 0.15) is 123 Å². The molecule has 6 unspecified atom stereocenters. The van der Waals surface area contributed by atoms with E-state index in [1.807, 2.05) is 0 Å². The van der Waals surface area contributed by atoms with E-state index in [4.69, 9.17) is 0 Å². The Hall–Kier alpha value is -0.510. The number of nitriles is 1. The smallest absolute Gasteiger partial charge is 0.0689 e. The zero-order valence-electron chi connectivity index (χ0n) is 19.5. The van der Waals surface area contributed by atoms with Crippen LogP contribution in [0.4, 0.5) is 0 Å². The van der Waals surface area contributed by atoms with Crippen molar-refractivity contribution in [2.75, 3.05) is 0 Å². The van der Waals surface area contributed by atoms with E-state index < -0.39 is 0 Å². The predicted octanol–water partition coefficient (Wildman–Crippen LogP) is 8.54. The van der Waals surface area contributed by atoms with Crippen LogP contribution in [0.3, 0.4) is 0 Å². The lowest BCUT2D eigenvalue weighted by atomic mass is 9.48. The molecular weight excluding hydrogens is 350 g/mol. The second-order valence-electron chi connectivity index (χ2n) is 11.7. The Balaban J connectivity index is 1.40. The van der Waals surface area contributed by atoms with Crippen LogP contribution in [0.5, 0.6) is 0 Å². The average Bonchev–Trinajstić information content (AvgIpc) is 2.77. The van der Waals surface area contributed by atoms with Gasteiger partial charge in [0.2, 0.25) is 0 Å². The van der Waals surface area contributed by atoms with Crippen LogP contribution in [0.15, 0.2) is 0 Å². The van der Waals surface area contributed by atoms with Gasteiger partial charge in [0.1, 0.15) is 0 Å². The maximum atomic E-state index is 10.0. The highest BCUT2D eigenvalue weighted by Crippen LogP contribution is 2.60. The van der Waals surface area contributed by atoms with Crippen LogP contribution in [-0.2, 0) is 0 Å². The van der Waals surface area contributed by atoms with E-state index >= 15 is 0 Å². The Bertz CT molecular complexity index is 561. The molecule has 4 aliphatic carbocycles. The van der Waals surface area contributed by atoms with E-state index in [1.165, 1.54) is 96.3 Å². The molecule has 0 bridgehead atoms. The Labute approximate surface area is 181 Å². The van der Waals surface area contributed by atoms with Crippen LogP contribution >= 0.6 is 0 Å². The first-order chi connectivity index (χ1) is 14.2. The van der Waals surface area contributed by atoms with E-state index in [1.54, 1.807) is 12.8 Å². The fourth-order valence-electron chi connectivity index (χ4n) is 8.89. The molecule has 8 atom stereocenters. The summed E-state index contributed by atoms with van der Waals surface area (Å²) in [5.74, 6) is 7.12. The Morgan fingerprint density at radius 2 is 1.48 bits per heavy atom. The van der Waals surface area contributed by atoms with Gasteiger partial charge in [0, 0.05) is 0 Å². The molecular formula is C28H47N. The molecule has 4 aliphatic rings. The average molecular weight is 398 g/mol. The quantitative estimate of drug-likeness (QED) is 0.395. The lowest BCUT2D eigenvalue weighted by Crippen LogP contribution is -2.49. The van der Waals surface area contributed by atoms with E-state index in [9.17, 15) is 5.26 Å². The molecule has 0 heterocycles. The lowest BCUT2D eigenvalue weighted by Gasteiger charge is -2.57. The van der Waals surface area contributed by atoms with Gasteiger partial charge in [-0.15, -0.1) is 0 Å². The van der Waals surface area contributed by atoms with Crippen LogP contribution in [-0.4, -0.2) is 0 Å². The number of hydrogen-bond donors (Lipinski definition) is 0. The molecule has 4 rings (SSSR count). The molecule has 0 aromatic carbocycles. The van der Waals surface area contributed by atoms with E-state index in [2.05, 4.69) is 19.9 Å². The maximum Gasteiger partial charge on any atom is 0.0689 e. The van der Waals surface area contributed by atoms with Gasteiger partial charge in [-0.2, -0.15) is 5.26 Å². The minimum atomic E-state index is 0.0381. The SMILES string of the molecule is CCCCC[C@@H]1CCCC2C3CCC4C[C@@](C#N)(CCCC)CCC4C3CCC21. The molecule has 0 aliphatic heterocycles. The zero-order valence-corrected chi connectivity index (χ0v) is 19.5. The topological polar surface area (TPSA) is 23.8 Å². The number of hydrogen-bond acceptors (Lipinski definition) is 1. The number of rotatable bonds is 7. The summed E-state index contributed by atoms with van der Waals surface area (Å²) in [7, 11) is 0. The second-order valence-corrected chi connectivity index (χ2v) is 11.7. The molecule has 0 amide bonds. The Kier molecular flexibility index (Phi) is 7.30. The summed E-state index contributed by atoms with van der Waals surface area (Å²) >= 11 is 0. The zero-order chi connectivity index (χ0) is 20.3. The van der Waals surface area contributed by atoms with Gasteiger partial charge >= 0.3 is 0 Å². The highest BCUT2D eigenvalue weighted by atomic mass is 14.6. The van der Waals surface area contributed by atoms with Crippen molar-refractivity contribution in [1.82, 2.24) is 0 Å². The molecule has 0 N–H and O–H groups in total. The van der Waals surface area contributed by atoms with Crippen molar-refractivity contribution in [2.24, 2.45) is 46.8 Å².